The highest BCUT2D eigenvalue weighted by Crippen LogP contribution is 2.47. The predicted molar refractivity (Wildman–Crippen MR) is 87.1 cm³/mol. The SMILES string of the molecule is O=C(O)CN1C(=O)C2(OCCO2)c2cc(-c3cccc(O)c3)ccc21. The van der Waals surface area contributed by atoms with Crippen molar-refractivity contribution >= 4 is 17.6 Å². The summed E-state index contributed by atoms with van der Waals surface area (Å²) in [7, 11) is 0. The maximum absolute atomic E-state index is 12.8. The quantitative estimate of drug-likeness (QED) is 0.882. The Hall–Kier alpha value is -2.90. The van der Waals surface area contributed by atoms with Crippen molar-refractivity contribution in [2.24, 2.45) is 0 Å². The Balaban J connectivity index is 1.85. The van der Waals surface area contributed by atoms with E-state index in [0.29, 0.717) is 11.3 Å². The minimum absolute atomic E-state index is 0.129. The number of carboxylic acid groups (broad SMARTS) is 1. The lowest BCUT2D eigenvalue weighted by molar-refractivity contribution is -0.181. The van der Waals surface area contributed by atoms with Crippen molar-refractivity contribution in [3.05, 3.63) is 48.0 Å². The minimum Gasteiger partial charge on any atom is -0.508 e. The second-order valence-corrected chi connectivity index (χ2v) is 5.88. The lowest BCUT2D eigenvalue weighted by Crippen LogP contribution is -2.43. The summed E-state index contributed by atoms with van der Waals surface area (Å²) in [4.78, 5) is 25.1. The molecule has 2 N–H and O–H groups in total. The summed E-state index contributed by atoms with van der Waals surface area (Å²) in [6, 6.07) is 11.9. The first-order valence-corrected chi connectivity index (χ1v) is 7.77. The number of aromatic hydroxyl groups is 1. The zero-order chi connectivity index (χ0) is 17.6. The number of phenolic OH excluding ortho intramolecular Hbond substituents is 1. The lowest BCUT2D eigenvalue weighted by atomic mass is 9.99. The van der Waals surface area contributed by atoms with Crippen LogP contribution < -0.4 is 4.90 Å². The standard InChI is InChI=1S/C18H15NO6/c20-13-3-1-2-11(8-13)12-4-5-15-14(9-12)18(24-6-7-25-18)17(23)19(15)10-16(21)22/h1-5,8-9,20H,6-7,10H2,(H,21,22). The Morgan fingerprint density at radius 2 is 1.84 bits per heavy atom. The highest BCUT2D eigenvalue weighted by atomic mass is 16.7. The predicted octanol–water partition coefficient (Wildman–Crippen LogP) is 1.69. The molecule has 2 aliphatic heterocycles. The van der Waals surface area contributed by atoms with E-state index in [-0.39, 0.29) is 19.0 Å². The summed E-state index contributed by atoms with van der Waals surface area (Å²) in [6.07, 6.45) is 0. The van der Waals surface area contributed by atoms with Gasteiger partial charge in [0.15, 0.2) is 0 Å². The summed E-state index contributed by atoms with van der Waals surface area (Å²) in [6.45, 7) is 0.0384. The van der Waals surface area contributed by atoms with Crippen molar-refractivity contribution in [2.75, 3.05) is 24.7 Å². The van der Waals surface area contributed by atoms with Crippen LogP contribution in [-0.2, 0) is 24.8 Å². The normalized spacial score (nSPS) is 17.9. The molecular formula is C18H15NO6. The van der Waals surface area contributed by atoms with Crippen molar-refractivity contribution in [1.82, 2.24) is 0 Å². The van der Waals surface area contributed by atoms with Crippen LogP contribution in [0.5, 0.6) is 5.75 Å². The Morgan fingerprint density at radius 1 is 1.12 bits per heavy atom. The Kier molecular flexibility index (Phi) is 3.48. The van der Waals surface area contributed by atoms with Gasteiger partial charge in [-0.2, -0.15) is 0 Å². The number of rotatable bonds is 3. The monoisotopic (exact) mass is 341 g/mol. The second-order valence-electron chi connectivity index (χ2n) is 5.88. The van der Waals surface area contributed by atoms with Gasteiger partial charge in [0.25, 0.3) is 11.7 Å². The highest BCUT2D eigenvalue weighted by molar-refractivity contribution is 6.08. The maximum atomic E-state index is 12.8. The third-order valence-corrected chi connectivity index (χ3v) is 4.34. The molecule has 128 valence electrons. The molecular weight excluding hydrogens is 326 g/mol. The summed E-state index contributed by atoms with van der Waals surface area (Å²) >= 11 is 0. The smallest absolute Gasteiger partial charge is 0.323 e. The first-order valence-electron chi connectivity index (χ1n) is 7.77. The van der Waals surface area contributed by atoms with Crippen molar-refractivity contribution < 1.29 is 29.3 Å². The maximum Gasteiger partial charge on any atom is 0.323 e. The van der Waals surface area contributed by atoms with Crippen LogP contribution in [0, 0.1) is 0 Å². The molecule has 0 saturated carbocycles. The molecule has 0 aromatic heterocycles. The summed E-state index contributed by atoms with van der Waals surface area (Å²) in [5.74, 6) is -3.11. The van der Waals surface area contributed by atoms with Crippen LogP contribution in [0.2, 0.25) is 0 Å². The average molecular weight is 341 g/mol. The third-order valence-electron chi connectivity index (χ3n) is 4.34. The minimum atomic E-state index is -1.59. The van der Waals surface area contributed by atoms with Crippen LogP contribution in [0.15, 0.2) is 42.5 Å². The van der Waals surface area contributed by atoms with Gasteiger partial charge in [0.2, 0.25) is 0 Å². The number of carbonyl (C=O) groups excluding carboxylic acids is 1. The molecule has 7 heteroatoms. The molecule has 0 atom stereocenters. The Morgan fingerprint density at radius 3 is 2.52 bits per heavy atom. The number of amides is 1. The largest absolute Gasteiger partial charge is 0.508 e. The van der Waals surface area contributed by atoms with E-state index in [4.69, 9.17) is 14.6 Å². The first-order chi connectivity index (χ1) is 12.0. The van der Waals surface area contributed by atoms with Crippen LogP contribution in [0.4, 0.5) is 5.69 Å². The lowest BCUT2D eigenvalue weighted by Gasteiger charge is -2.21. The molecule has 2 aliphatic rings. The number of carboxylic acids is 1. The van der Waals surface area contributed by atoms with Gasteiger partial charge in [-0.25, -0.2) is 0 Å². The number of fused-ring (bicyclic) bond motifs is 2. The van der Waals surface area contributed by atoms with Gasteiger partial charge in [0, 0.05) is 5.56 Å². The van der Waals surface area contributed by atoms with Crippen LogP contribution in [-0.4, -0.2) is 41.8 Å². The second kappa shape index (κ2) is 5.58. The zero-order valence-corrected chi connectivity index (χ0v) is 13.1. The van der Waals surface area contributed by atoms with E-state index < -0.39 is 24.2 Å². The Bertz CT molecular complexity index is 872. The third kappa shape index (κ3) is 2.36. The van der Waals surface area contributed by atoms with E-state index in [0.717, 1.165) is 16.0 Å². The molecule has 0 aliphatic carbocycles. The van der Waals surface area contributed by atoms with Gasteiger partial charge >= 0.3 is 5.97 Å². The van der Waals surface area contributed by atoms with Crippen molar-refractivity contribution in [3.8, 4) is 16.9 Å². The van der Waals surface area contributed by atoms with E-state index in [1.54, 1.807) is 36.4 Å². The van der Waals surface area contributed by atoms with Crippen LogP contribution in [0.1, 0.15) is 5.56 Å². The molecule has 1 spiro atoms. The van der Waals surface area contributed by atoms with Crippen molar-refractivity contribution in [2.45, 2.75) is 5.79 Å². The van der Waals surface area contributed by atoms with Crippen molar-refractivity contribution in [1.29, 1.82) is 0 Å². The van der Waals surface area contributed by atoms with E-state index in [1.807, 2.05) is 6.07 Å². The number of aliphatic carboxylic acids is 1. The van der Waals surface area contributed by atoms with E-state index >= 15 is 0 Å². The first kappa shape index (κ1) is 15.6. The van der Waals surface area contributed by atoms with Gasteiger partial charge in [-0.1, -0.05) is 18.2 Å². The van der Waals surface area contributed by atoms with Crippen LogP contribution in [0.25, 0.3) is 11.1 Å². The van der Waals surface area contributed by atoms with Crippen LogP contribution >= 0.6 is 0 Å². The topological polar surface area (TPSA) is 96.3 Å². The highest BCUT2D eigenvalue weighted by Gasteiger charge is 2.56. The fourth-order valence-electron chi connectivity index (χ4n) is 3.29. The molecule has 1 saturated heterocycles. The van der Waals surface area contributed by atoms with E-state index in [2.05, 4.69) is 0 Å². The van der Waals surface area contributed by atoms with Gasteiger partial charge in [-0.3, -0.25) is 14.5 Å². The van der Waals surface area contributed by atoms with Gasteiger partial charge in [0.05, 0.1) is 18.9 Å². The number of benzene rings is 2. The number of anilines is 1. The van der Waals surface area contributed by atoms with Gasteiger partial charge in [-0.05, 0) is 35.4 Å². The van der Waals surface area contributed by atoms with E-state index in [1.165, 1.54) is 0 Å². The van der Waals surface area contributed by atoms with Gasteiger partial charge < -0.3 is 19.7 Å². The number of phenols is 1. The van der Waals surface area contributed by atoms with E-state index in [9.17, 15) is 14.7 Å². The molecule has 4 rings (SSSR count). The molecule has 0 radical (unpaired) electrons. The molecule has 2 heterocycles. The molecule has 0 bridgehead atoms. The molecule has 2 aromatic carbocycles. The molecule has 2 aromatic rings. The summed E-state index contributed by atoms with van der Waals surface area (Å²) < 4.78 is 11.2. The molecule has 1 fully saturated rings. The number of hydrogen-bond acceptors (Lipinski definition) is 5. The van der Waals surface area contributed by atoms with Crippen LogP contribution in [0.3, 0.4) is 0 Å². The number of carbonyl (C=O) groups is 2. The fourth-order valence-corrected chi connectivity index (χ4v) is 3.29. The molecule has 25 heavy (non-hydrogen) atoms. The van der Waals surface area contributed by atoms with Crippen molar-refractivity contribution in [3.63, 3.8) is 0 Å². The number of ether oxygens (including phenoxy) is 2. The van der Waals surface area contributed by atoms with Gasteiger partial charge in [0.1, 0.15) is 12.3 Å². The van der Waals surface area contributed by atoms with Gasteiger partial charge in [-0.15, -0.1) is 0 Å². The summed E-state index contributed by atoms with van der Waals surface area (Å²) in [5, 5.41) is 18.8. The summed E-state index contributed by atoms with van der Waals surface area (Å²) in [5.41, 5.74) is 2.47. The zero-order valence-electron chi connectivity index (χ0n) is 13.1. The Labute approximate surface area is 143 Å². The fraction of sp³-hybridized carbons (Fsp3) is 0.222. The number of hydrogen-bond donors (Lipinski definition) is 2. The average Bonchev–Trinajstić information content (AvgIpc) is 3.16. The molecule has 1 amide bonds. The molecule has 7 nitrogen and oxygen atoms in total. The molecule has 0 unspecified atom stereocenters. The number of nitrogens with zero attached hydrogens (tertiary/aromatic N) is 1.